The van der Waals surface area contributed by atoms with Gasteiger partial charge in [0, 0.05) is 0 Å². The molecule has 0 saturated heterocycles. The van der Waals surface area contributed by atoms with E-state index in [0.29, 0.717) is 11.5 Å². The van der Waals surface area contributed by atoms with Crippen molar-refractivity contribution < 1.29 is 19.5 Å². The molecule has 0 aliphatic heterocycles. The fourth-order valence-corrected chi connectivity index (χ4v) is 1.83. The van der Waals surface area contributed by atoms with Crippen LogP contribution in [0.5, 0.6) is 23.0 Å². The second-order valence-electron chi connectivity index (χ2n) is 4.49. The van der Waals surface area contributed by atoms with E-state index < -0.39 is 0 Å². The molecule has 0 spiro atoms. The number of hydrogen-bond acceptors (Lipinski definition) is 4. The van der Waals surface area contributed by atoms with Gasteiger partial charge in [-0.05, 0) is 41.8 Å². The molecular formula is C16H17BO4. The van der Waals surface area contributed by atoms with Gasteiger partial charge in [-0.25, -0.2) is 0 Å². The molecule has 4 nitrogen and oxygen atoms in total. The summed E-state index contributed by atoms with van der Waals surface area (Å²) in [5.41, 5.74) is 1.86. The maximum absolute atomic E-state index is 9.78. The lowest BCUT2D eigenvalue weighted by Crippen LogP contribution is -2.11. The number of hydrogen-bond donors (Lipinski definition) is 2. The Morgan fingerprint density at radius 3 is 2.48 bits per heavy atom. The Kier molecular flexibility index (Phi) is 4.77. The number of benzene rings is 2. The van der Waals surface area contributed by atoms with Gasteiger partial charge in [-0.1, -0.05) is 31.7 Å². The van der Waals surface area contributed by atoms with Crippen molar-refractivity contribution in [3.63, 3.8) is 0 Å². The molecule has 0 aromatic heterocycles. The minimum Gasteiger partial charge on any atom is -0.526 e. The third-order valence-electron chi connectivity index (χ3n) is 3.08. The predicted molar refractivity (Wildman–Crippen MR) is 84.1 cm³/mol. The van der Waals surface area contributed by atoms with Crippen LogP contribution in [0, 0.1) is 0 Å². The van der Waals surface area contributed by atoms with E-state index >= 15 is 0 Å². The zero-order chi connectivity index (χ0) is 15.2. The van der Waals surface area contributed by atoms with Crippen molar-refractivity contribution in [1.29, 1.82) is 0 Å². The minimum absolute atomic E-state index is 0.0162. The molecule has 108 valence electrons. The fourth-order valence-electron chi connectivity index (χ4n) is 1.83. The van der Waals surface area contributed by atoms with Gasteiger partial charge in [0.25, 0.3) is 0 Å². The van der Waals surface area contributed by atoms with Gasteiger partial charge < -0.3 is 19.5 Å². The van der Waals surface area contributed by atoms with Gasteiger partial charge in [0.1, 0.15) is 11.5 Å². The van der Waals surface area contributed by atoms with Crippen LogP contribution in [0.2, 0.25) is 0 Å². The largest absolute Gasteiger partial charge is 0.576 e. The van der Waals surface area contributed by atoms with Crippen molar-refractivity contribution >= 4 is 13.8 Å². The van der Waals surface area contributed by atoms with E-state index in [1.54, 1.807) is 36.4 Å². The Hall–Kier alpha value is -2.56. The summed E-state index contributed by atoms with van der Waals surface area (Å²) in [4.78, 5) is 0. The zero-order valence-electron chi connectivity index (χ0n) is 11.9. The summed E-state index contributed by atoms with van der Waals surface area (Å²) in [6.45, 7) is 5.64. The van der Waals surface area contributed by atoms with E-state index in [9.17, 15) is 10.2 Å². The molecule has 0 atom stereocenters. The highest BCUT2D eigenvalue weighted by atomic mass is 16.6. The smallest absolute Gasteiger partial charge is 0.526 e. The first-order valence-electron chi connectivity index (χ1n) is 6.67. The van der Waals surface area contributed by atoms with E-state index in [2.05, 4.69) is 6.58 Å². The number of rotatable bonds is 6. The van der Waals surface area contributed by atoms with Crippen LogP contribution in [0.25, 0.3) is 6.08 Å². The van der Waals surface area contributed by atoms with E-state index in [4.69, 9.17) is 9.31 Å². The number of phenolic OH excluding ortho intramolecular Hbond substituents is 2. The predicted octanol–water partition coefficient (Wildman–Crippen LogP) is 3.03. The van der Waals surface area contributed by atoms with Crippen LogP contribution >= 0.6 is 0 Å². The summed E-state index contributed by atoms with van der Waals surface area (Å²) >= 11 is 0. The van der Waals surface area contributed by atoms with Gasteiger partial charge in [0.05, 0.1) is 0 Å². The molecule has 5 heteroatoms. The molecule has 0 radical (unpaired) electrons. The van der Waals surface area contributed by atoms with Crippen LogP contribution < -0.4 is 9.31 Å². The third-order valence-corrected chi connectivity index (χ3v) is 3.08. The lowest BCUT2D eigenvalue weighted by molar-refractivity contribution is 0.397. The van der Waals surface area contributed by atoms with Crippen LogP contribution in [0.15, 0.2) is 43.0 Å². The Morgan fingerprint density at radius 1 is 1.05 bits per heavy atom. The highest BCUT2D eigenvalue weighted by Gasteiger charge is 2.08. The highest BCUT2D eigenvalue weighted by Crippen LogP contribution is 2.29. The van der Waals surface area contributed by atoms with Crippen LogP contribution in [-0.4, -0.2) is 17.9 Å². The standard InChI is InChI=1S/C16H17BO4/c1-3-11-6-8-15(14(19)9-11)20-17-21-16-10-12(4-2)5-7-13(16)18/h3,5-10,17-19H,1,4H2,2H3. The summed E-state index contributed by atoms with van der Waals surface area (Å²) < 4.78 is 10.7. The van der Waals surface area contributed by atoms with Crippen LogP contribution in [0.3, 0.4) is 0 Å². The minimum atomic E-state index is -0.109. The van der Waals surface area contributed by atoms with E-state index in [1.165, 1.54) is 0 Å². The number of phenols is 2. The lowest BCUT2D eigenvalue weighted by atomic mass is 10.1. The van der Waals surface area contributed by atoms with Crippen molar-refractivity contribution in [3.8, 4) is 23.0 Å². The summed E-state index contributed by atoms with van der Waals surface area (Å²) in [6.07, 6.45) is 2.48. The van der Waals surface area contributed by atoms with Gasteiger partial charge in [-0.15, -0.1) is 0 Å². The van der Waals surface area contributed by atoms with Crippen LogP contribution in [-0.2, 0) is 6.42 Å². The summed E-state index contributed by atoms with van der Waals surface area (Å²) in [6, 6.07) is 10.2. The molecule has 2 aromatic carbocycles. The maximum Gasteiger partial charge on any atom is 0.576 e. The van der Waals surface area contributed by atoms with E-state index in [0.717, 1.165) is 17.5 Å². The summed E-state index contributed by atoms with van der Waals surface area (Å²) in [5, 5.41) is 19.5. The molecule has 0 saturated carbocycles. The Bertz CT molecular complexity index is 640. The number of aryl methyl sites for hydroxylation is 1. The molecule has 0 bridgehead atoms. The SMILES string of the molecule is C=Cc1ccc(OBOc2cc(CC)ccc2O)c(O)c1. The fraction of sp³-hybridized carbons (Fsp3) is 0.125. The molecule has 2 N–H and O–H groups in total. The summed E-state index contributed by atoms with van der Waals surface area (Å²) in [7, 11) is -0.109. The highest BCUT2D eigenvalue weighted by molar-refractivity contribution is 6.21. The van der Waals surface area contributed by atoms with Crippen molar-refractivity contribution in [3.05, 3.63) is 54.1 Å². The van der Waals surface area contributed by atoms with Crippen molar-refractivity contribution in [1.82, 2.24) is 0 Å². The molecule has 0 fully saturated rings. The molecular weight excluding hydrogens is 267 g/mol. The van der Waals surface area contributed by atoms with Gasteiger partial charge >= 0.3 is 7.69 Å². The van der Waals surface area contributed by atoms with Crippen molar-refractivity contribution in [2.24, 2.45) is 0 Å². The molecule has 2 rings (SSSR count). The van der Waals surface area contributed by atoms with Crippen molar-refractivity contribution in [2.75, 3.05) is 0 Å². The van der Waals surface area contributed by atoms with Gasteiger partial charge in [0.2, 0.25) is 0 Å². The monoisotopic (exact) mass is 284 g/mol. The molecule has 0 aliphatic rings. The molecule has 21 heavy (non-hydrogen) atoms. The number of aromatic hydroxyl groups is 2. The Morgan fingerprint density at radius 2 is 1.81 bits per heavy atom. The zero-order valence-corrected chi connectivity index (χ0v) is 11.9. The Labute approximate surface area is 124 Å². The van der Waals surface area contributed by atoms with Crippen LogP contribution in [0.4, 0.5) is 0 Å². The quantitative estimate of drug-likeness (QED) is 0.800. The van der Waals surface area contributed by atoms with Gasteiger partial charge in [0.15, 0.2) is 11.5 Å². The van der Waals surface area contributed by atoms with Gasteiger partial charge in [-0.2, -0.15) is 0 Å². The van der Waals surface area contributed by atoms with Crippen molar-refractivity contribution in [2.45, 2.75) is 13.3 Å². The summed E-state index contributed by atoms with van der Waals surface area (Å²) in [5.74, 6) is 0.743. The molecule has 0 amide bonds. The van der Waals surface area contributed by atoms with E-state index in [-0.39, 0.29) is 19.2 Å². The normalized spacial score (nSPS) is 9.95. The van der Waals surface area contributed by atoms with Gasteiger partial charge in [-0.3, -0.25) is 0 Å². The first kappa shape index (κ1) is 14.8. The van der Waals surface area contributed by atoms with Crippen LogP contribution in [0.1, 0.15) is 18.1 Å². The Balaban J connectivity index is 2.00. The first-order chi connectivity index (χ1) is 10.1. The third kappa shape index (κ3) is 3.72. The van der Waals surface area contributed by atoms with E-state index in [1.807, 2.05) is 13.0 Å². The molecule has 2 aromatic rings. The first-order valence-corrected chi connectivity index (χ1v) is 6.67. The molecule has 0 aliphatic carbocycles. The second kappa shape index (κ2) is 6.75. The average Bonchev–Trinajstić information content (AvgIpc) is 2.50. The lowest BCUT2D eigenvalue weighted by Gasteiger charge is -2.11. The second-order valence-corrected chi connectivity index (χ2v) is 4.49. The average molecular weight is 284 g/mol. The molecule has 0 heterocycles. The topological polar surface area (TPSA) is 58.9 Å². The molecule has 0 unspecified atom stereocenters. The maximum atomic E-state index is 9.78.